The van der Waals surface area contributed by atoms with Gasteiger partial charge in [-0.1, -0.05) is 324 Å². The first-order valence-electron chi connectivity index (χ1n) is 38.6. The first kappa shape index (κ1) is 91.1. The molecule has 0 aliphatic heterocycles. The van der Waals surface area contributed by atoms with Crippen LogP contribution in [0.15, 0.2) is 194 Å². The lowest BCUT2D eigenvalue weighted by Crippen LogP contribution is -2.44. The molecule has 0 aliphatic rings. The average molecular weight is 1340 g/mol. The SMILES string of the molecule is CC/C=C\C/C=C\C/C=C\C/C=C\C/C=C\C/C=C\C/C=C\C/C=C\C/C=C\CCCCCC(=O)OC(COC(=O)CCCCCCCCCCCCCCCCCCCCC/C=C\C/C=C\C/C=C\C/C=C\C/C=C\C/C=C\C/C=C\CC)COC(OCC[N+](C)(C)C)C(=O)[O-]. The molecule has 0 aromatic rings. The number of likely N-dealkylation sites (N-methyl/N-ethyl adjacent to an activating group) is 1. The lowest BCUT2D eigenvalue weighted by molar-refractivity contribution is -0.870. The second kappa shape index (κ2) is 75.9. The second-order valence-corrected chi connectivity index (χ2v) is 26.2. The summed E-state index contributed by atoms with van der Waals surface area (Å²) in [5, 5.41) is 11.8. The van der Waals surface area contributed by atoms with Gasteiger partial charge in [0.25, 0.3) is 0 Å². The van der Waals surface area contributed by atoms with Crippen LogP contribution in [0, 0.1) is 0 Å². The van der Waals surface area contributed by atoms with Gasteiger partial charge in [-0.15, -0.1) is 0 Å². The largest absolute Gasteiger partial charge is 0.545 e. The molecule has 97 heavy (non-hydrogen) atoms. The van der Waals surface area contributed by atoms with Crippen molar-refractivity contribution in [1.82, 2.24) is 0 Å². The predicted octanol–water partition coefficient (Wildman–Crippen LogP) is 23.6. The van der Waals surface area contributed by atoms with Gasteiger partial charge in [0, 0.05) is 12.8 Å². The van der Waals surface area contributed by atoms with Crippen molar-refractivity contribution in [1.29, 1.82) is 0 Å². The van der Waals surface area contributed by atoms with Crippen LogP contribution < -0.4 is 5.11 Å². The number of carboxylic acids is 1. The third kappa shape index (κ3) is 77.4. The van der Waals surface area contributed by atoms with Crippen LogP contribution in [0.3, 0.4) is 0 Å². The Morgan fingerprint density at radius 2 is 0.557 bits per heavy atom. The summed E-state index contributed by atoms with van der Waals surface area (Å²) < 4.78 is 22.8. The number of quaternary nitrogens is 1. The molecule has 2 unspecified atom stereocenters. The fraction of sp³-hybridized carbons (Fsp3) is 0.602. The highest BCUT2D eigenvalue weighted by molar-refractivity contribution is 5.70. The summed E-state index contributed by atoms with van der Waals surface area (Å²) in [6.45, 7) is 4.47. The van der Waals surface area contributed by atoms with Gasteiger partial charge in [-0.3, -0.25) is 9.59 Å². The molecular weight excluding hydrogens is 1200 g/mol. The molecule has 546 valence electrons. The number of hydrogen-bond acceptors (Lipinski definition) is 8. The number of carbonyl (C=O) groups excluding carboxylic acids is 3. The third-order valence-corrected chi connectivity index (χ3v) is 15.8. The highest BCUT2D eigenvalue weighted by Crippen LogP contribution is 2.17. The molecule has 0 saturated heterocycles. The highest BCUT2D eigenvalue weighted by Gasteiger charge is 2.22. The van der Waals surface area contributed by atoms with Gasteiger partial charge in [-0.25, -0.2) is 0 Å². The summed E-state index contributed by atoms with van der Waals surface area (Å²) in [6, 6.07) is 0. The van der Waals surface area contributed by atoms with E-state index < -0.39 is 24.3 Å². The van der Waals surface area contributed by atoms with Crippen LogP contribution in [0.1, 0.15) is 284 Å². The Bertz CT molecular complexity index is 2310. The molecule has 0 aliphatic carbocycles. The number of rotatable bonds is 69. The van der Waals surface area contributed by atoms with Crippen LogP contribution in [0.4, 0.5) is 0 Å². The van der Waals surface area contributed by atoms with E-state index >= 15 is 0 Å². The third-order valence-electron chi connectivity index (χ3n) is 15.8. The molecule has 0 amide bonds. The molecule has 0 fully saturated rings. The zero-order valence-electron chi connectivity index (χ0n) is 62.4. The van der Waals surface area contributed by atoms with Gasteiger partial charge >= 0.3 is 11.9 Å². The summed E-state index contributed by atoms with van der Waals surface area (Å²) in [7, 11) is 5.91. The molecule has 0 spiro atoms. The van der Waals surface area contributed by atoms with Gasteiger partial charge in [0.2, 0.25) is 0 Å². The summed E-state index contributed by atoms with van der Waals surface area (Å²) >= 11 is 0. The van der Waals surface area contributed by atoms with Crippen molar-refractivity contribution in [2.75, 3.05) is 47.5 Å². The van der Waals surface area contributed by atoms with E-state index in [1.165, 1.54) is 109 Å². The Labute approximate surface area is 595 Å². The van der Waals surface area contributed by atoms with E-state index in [-0.39, 0.29) is 38.6 Å². The number of carbonyl (C=O) groups is 3. The van der Waals surface area contributed by atoms with Crippen molar-refractivity contribution in [3.63, 3.8) is 0 Å². The molecule has 9 heteroatoms. The van der Waals surface area contributed by atoms with Crippen molar-refractivity contribution < 1.29 is 42.9 Å². The molecule has 0 N–H and O–H groups in total. The number of esters is 2. The van der Waals surface area contributed by atoms with Gasteiger partial charge in [-0.2, -0.15) is 0 Å². The standard InChI is InChI=1S/C88H141NO8/c1-6-8-10-12-14-16-18-20-22-24-26-28-30-32-34-36-38-39-40-41-42-43-44-45-46-47-49-50-52-54-56-58-60-62-64-66-68-70-72-74-76-78-85(90)95-82-84(83-96-88(87(92)93)94-81-80-89(3,4)5)97-86(91)79-77-75-73-71-69-67-65-63-61-59-57-55-53-51-48-37-35-33-31-29-27-25-23-21-19-17-15-13-11-9-7-2/h8-11,14-17,20-23,26-29,32-35,38-39,41-42,48,51,55,57,61,63,67,69,84,88H,6-7,12-13,18-19,24-25,30-31,36-37,40,43-47,49-50,52-54,56,58-60,62,64-66,68,70-83H2,1-5H3/b10-8-,11-9-,16-14-,17-15-,22-20-,23-21-,28-26-,29-27-,34-32-,35-33-,39-38-,42-41-,51-48-,57-55-,63-61-,69-67-. The van der Waals surface area contributed by atoms with Crippen LogP contribution >= 0.6 is 0 Å². The molecule has 0 saturated carbocycles. The Balaban J connectivity index is 4.13. The minimum absolute atomic E-state index is 0.132. The summed E-state index contributed by atoms with van der Waals surface area (Å²) in [5.41, 5.74) is 0. The van der Waals surface area contributed by atoms with Crippen LogP contribution in [0.2, 0.25) is 0 Å². The molecule has 2 atom stereocenters. The summed E-state index contributed by atoms with van der Waals surface area (Å²) in [4.78, 5) is 37.6. The van der Waals surface area contributed by atoms with Crippen molar-refractivity contribution in [3.8, 4) is 0 Å². The lowest BCUT2D eigenvalue weighted by atomic mass is 10.0. The normalized spacial score (nSPS) is 13.8. The number of aliphatic carboxylic acids is 1. The van der Waals surface area contributed by atoms with Crippen molar-refractivity contribution in [2.45, 2.75) is 296 Å². The number of nitrogens with zero attached hydrogens (tertiary/aromatic N) is 1. The van der Waals surface area contributed by atoms with E-state index in [0.29, 0.717) is 17.4 Å². The maximum Gasteiger partial charge on any atom is 0.306 e. The van der Waals surface area contributed by atoms with Crippen LogP contribution in [0.25, 0.3) is 0 Å². The first-order chi connectivity index (χ1) is 47.6. The molecule has 0 aromatic heterocycles. The predicted molar refractivity (Wildman–Crippen MR) is 416 cm³/mol. The van der Waals surface area contributed by atoms with Crippen molar-refractivity contribution in [2.24, 2.45) is 0 Å². The quantitative estimate of drug-likeness (QED) is 0.0195. The molecular formula is C88H141NO8. The Hall–Kier alpha value is -5.87. The first-order valence-corrected chi connectivity index (χ1v) is 38.6. The number of unbranched alkanes of at least 4 members (excludes halogenated alkanes) is 22. The maximum absolute atomic E-state index is 12.9. The number of ether oxygens (including phenoxy) is 4. The minimum atomic E-state index is -1.64. The van der Waals surface area contributed by atoms with E-state index in [4.69, 9.17) is 18.9 Å². The molecule has 0 rings (SSSR count). The monoisotopic (exact) mass is 1340 g/mol. The van der Waals surface area contributed by atoms with Gasteiger partial charge in [-0.05, 0) is 141 Å². The van der Waals surface area contributed by atoms with Crippen LogP contribution in [-0.2, 0) is 33.3 Å². The lowest BCUT2D eigenvalue weighted by Gasteiger charge is -2.26. The van der Waals surface area contributed by atoms with Gasteiger partial charge < -0.3 is 33.3 Å². The van der Waals surface area contributed by atoms with E-state index in [9.17, 15) is 19.5 Å². The van der Waals surface area contributed by atoms with Gasteiger partial charge in [0.05, 0.1) is 40.3 Å². The van der Waals surface area contributed by atoms with Crippen molar-refractivity contribution >= 4 is 17.9 Å². The van der Waals surface area contributed by atoms with Crippen LogP contribution in [0.5, 0.6) is 0 Å². The van der Waals surface area contributed by atoms with E-state index in [1.807, 2.05) is 21.1 Å². The fourth-order valence-corrected chi connectivity index (χ4v) is 10.0. The van der Waals surface area contributed by atoms with Crippen molar-refractivity contribution in [3.05, 3.63) is 194 Å². The number of carboxylic acid groups (broad SMARTS) is 1. The van der Waals surface area contributed by atoms with E-state index in [0.717, 1.165) is 141 Å². The Morgan fingerprint density at radius 3 is 0.835 bits per heavy atom. The maximum atomic E-state index is 12.9. The summed E-state index contributed by atoms with van der Waals surface area (Å²) in [6.07, 6.45) is 114. The molecule has 0 bridgehead atoms. The fourth-order valence-electron chi connectivity index (χ4n) is 10.0. The summed E-state index contributed by atoms with van der Waals surface area (Å²) in [5.74, 6) is -2.34. The van der Waals surface area contributed by atoms with E-state index in [1.54, 1.807) is 0 Å². The highest BCUT2D eigenvalue weighted by atomic mass is 16.7. The zero-order valence-corrected chi connectivity index (χ0v) is 62.4. The topological polar surface area (TPSA) is 111 Å². The second-order valence-electron chi connectivity index (χ2n) is 26.2. The smallest absolute Gasteiger partial charge is 0.306 e. The average Bonchev–Trinajstić information content (AvgIpc) is 2.39. The number of allylic oxidation sites excluding steroid dienone is 32. The molecule has 0 radical (unpaired) electrons. The molecule has 0 heterocycles. The van der Waals surface area contributed by atoms with Gasteiger partial charge in [0.1, 0.15) is 13.2 Å². The zero-order chi connectivity index (χ0) is 70.4. The minimum Gasteiger partial charge on any atom is -0.545 e. The van der Waals surface area contributed by atoms with Gasteiger partial charge in [0.15, 0.2) is 12.4 Å². The molecule has 9 nitrogen and oxygen atoms in total. The number of hydrogen-bond donors (Lipinski definition) is 0. The Kier molecular flexibility index (Phi) is 71.3. The van der Waals surface area contributed by atoms with E-state index in [2.05, 4.69) is 208 Å². The Morgan fingerprint density at radius 1 is 0.309 bits per heavy atom. The molecule has 0 aromatic carbocycles. The van der Waals surface area contributed by atoms with Crippen LogP contribution in [-0.4, -0.2) is 82.3 Å².